The lowest BCUT2D eigenvalue weighted by molar-refractivity contribution is -0.143. The second-order valence-electron chi connectivity index (χ2n) is 2.22. The molecule has 0 aromatic heterocycles. The molecule has 2 atom stereocenters. The van der Waals surface area contributed by atoms with Gasteiger partial charge in [-0.25, -0.2) is 4.39 Å². The van der Waals surface area contributed by atoms with Crippen LogP contribution in [-0.2, 0) is 14.3 Å². The van der Waals surface area contributed by atoms with E-state index in [0.29, 0.717) is 5.33 Å². The van der Waals surface area contributed by atoms with Gasteiger partial charge in [0.15, 0.2) is 0 Å². The van der Waals surface area contributed by atoms with Crippen LogP contribution in [-0.4, -0.2) is 37.8 Å². The van der Waals surface area contributed by atoms with Gasteiger partial charge >= 0.3 is 5.97 Å². The lowest BCUT2D eigenvalue weighted by atomic mass is 10.2. The molecule has 0 saturated carbocycles. The fourth-order valence-electron chi connectivity index (χ4n) is 0.681. The van der Waals surface area contributed by atoms with Crippen LogP contribution in [0.4, 0.5) is 4.39 Å². The maximum absolute atomic E-state index is 13.0. The molecule has 0 aliphatic carbocycles. The van der Waals surface area contributed by atoms with Gasteiger partial charge in [-0.3, -0.25) is 4.79 Å². The third-order valence-electron chi connectivity index (χ3n) is 1.45. The first-order valence-corrected chi connectivity index (χ1v) is 4.57. The Hall–Kier alpha value is -0.160. The molecule has 5 heteroatoms. The summed E-state index contributed by atoms with van der Waals surface area (Å²) in [4.78, 5) is 10.6. The first-order chi connectivity index (χ1) is 5.65. The van der Waals surface area contributed by atoms with Gasteiger partial charge in [0.25, 0.3) is 0 Å². The zero-order valence-corrected chi connectivity index (χ0v) is 8.64. The van der Waals surface area contributed by atoms with Crippen molar-refractivity contribution in [1.82, 2.24) is 0 Å². The van der Waals surface area contributed by atoms with Crippen molar-refractivity contribution in [3.63, 3.8) is 0 Å². The summed E-state index contributed by atoms with van der Waals surface area (Å²) >= 11 is 3.07. The van der Waals surface area contributed by atoms with Crippen LogP contribution in [0, 0.1) is 0 Å². The molecule has 72 valence electrons. The van der Waals surface area contributed by atoms with Crippen LogP contribution in [0.5, 0.6) is 0 Å². The van der Waals surface area contributed by atoms with Crippen molar-refractivity contribution >= 4 is 21.9 Å². The Labute approximate surface area is 79.4 Å². The van der Waals surface area contributed by atoms with Crippen LogP contribution >= 0.6 is 15.9 Å². The number of hydrogen-bond donors (Lipinski definition) is 0. The quantitative estimate of drug-likeness (QED) is 0.539. The highest BCUT2D eigenvalue weighted by molar-refractivity contribution is 9.09. The molecular weight excluding hydrogens is 231 g/mol. The normalized spacial score (nSPS) is 15.3. The van der Waals surface area contributed by atoms with E-state index in [1.165, 1.54) is 14.2 Å². The Bertz CT molecular complexity index is 139. The molecule has 0 fully saturated rings. The molecule has 0 heterocycles. The number of methoxy groups -OCH3 is 2. The number of halogens is 2. The van der Waals surface area contributed by atoms with E-state index >= 15 is 0 Å². The van der Waals surface area contributed by atoms with Gasteiger partial charge in [-0.05, 0) is 0 Å². The molecule has 3 nitrogen and oxygen atoms in total. The van der Waals surface area contributed by atoms with E-state index in [1.54, 1.807) is 0 Å². The number of carbonyl (C=O) groups is 1. The van der Waals surface area contributed by atoms with Crippen molar-refractivity contribution in [2.75, 3.05) is 19.5 Å². The molecule has 0 radical (unpaired) electrons. The Morgan fingerprint density at radius 1 is 1.58 bits per heavy atom. The average Bonchev–Trinajstić information content (AvgIpc) is 2.06. The maximum Gasteiger partial charge on any atom is 0.308 e. The first-order valence-electron chi connectivity index (χ1n) is 3.45. The van der Waals surface area contributed by atoms with Crippen LogP contribution in [0.2, 0.25) is 0 Å². The predicted molar refractivity (Wildman–Crippen MR) is 46.1 cm³/mol. The number of esters is 1. The van der Waals surface area contributed by atoms with Gasteiger partial charge in [0.05, 0.1) is 19.6 Å². The number of alkyl halides is 2. The van der Waals surface area contributed by atoms with Gasteiger partial charge in [0, 0.05) is 12.4 Å². The summed E-state index contributed by atoms with van der Waals surface area (Å²) in [5, 5.41) is 0.363. The average molecular weight is 243 g/mol. The Kier molecular flexibility index (Phi) is 6.28. The summed E-state index contributed by atoms with van der Waals surface area (Å²) in [5.74, 6) is -0.564. The third-order valence-corrected chi connectivity index (χ3v) is 2.09. The molecule has 0 rings (SSSR count). The summed E-state index contributed by atoms with van der Waals surface area (Å²) < 4.78 is 22.1. The largest absolute Gasteiger partial charge is 0.469 e. The lowest BCUT2D eigenvalue weighted by Crippen LogP contribution is -2.28. The fourth-order valence-corrected chi connectivity index (χ4v) is 1.35. The van der Waals surface area contributed by atoms with E-state index in [-0.39, 0.29) is 6.42 Å². The molecule has 0 saturated heterocycles. The summed E-state index contributed by atoms with van der Waals surface area (Å²) in [7, 11) is 2.63. The third kappa shape index (κ3) is 4.01. The van der Waals surface area contributed by atoms with Gasteiger partial charge in [0.2, 0.25) is 0 Å². The second-order valence-corrected chi connectivity index (χ2v) is 2.87. The van der Waals surface area contributed by atoms with E-state index in [4.69, 9.17) is 4.74 Å². The number of ether oxygens (including phenoxy) is 2. The molecule has 0 spiro atoms. The monoisotopic (exact) mass is 242 g/mol. The van der Waals surface area contributed by atoms with Gasteiger partial charge in [0.1, 0.15) is 6.17 Å². The molecule has 0 bridgehead atoms. The molecule has 0 aromatic rings. The lowest BCUT2D eigenvalue weighted by Gasteiger charge is -2.15. The first kappa shape index (κ1) is 11.8. The smallest absolute Gasteiger partial charge is 0.308 e. The second kappa shape index (κ2) is 6.37. The molecule has 0 aromatic carbocycles. The van der Waals surface area contributed by atoms with E-state index in [1.807, 2.05) is 0 Å². The van der Waals surface area contributed by atoms with E-state index < -0.39 is 18.2 Å². The topological polar surface area (TPSA) is 35.5 Å². The van der Waals surface area contributed by atoms with E-state index in [2.05, 4.69) is 20.7 Å². The number of hydrogen-bond acceptors (Lipinski definition) is 3. The van der Waals surface area contributed by atoms with Gasteiger partial charge in [-0.2, -0.15) is 0 Å². The Balaban J connectivity index is 3.83. The number of carbonyl (C=O) groups excluding carboxylic acids is 1. The minimum Gasteiger partial charge on any atom is -0.469 e. The van der Waals surface area contributed by atoms with Gasteiger partial charge in [-0.15, -0.1) is 0 Å². The van der Waals surface area contributed by atoms with E-state index in [9.17, 15) is 9.18 Å². The van der Waals surface area contributed by atoms with Crippen molar-refractivity contribution in [2.45, 2.75) is 18.7 Å². The van der Waals surface area contributed by atoms with Crippen LogP contribution < -0.4 is 0 Å². The van der Waals surface area contributed by atoms with E-state index in [0.717, 1.165) is 0 Å². The Morgan fingerprint density at radius 3 is 2.50 bits per heavy atom. The van der Waals surface area contributed by atoms with Crippen LogP contribution in [0.3, 0.4) is 0 Å². The molecule has 0 N–H and O–H groups in total. The summed E-state index contributed by atoms with van der Waals surface area (Å²) in [6.45, 7) is 0. The summed E-state index contributed by atoms with van der Waals surface area (Å²) in [6.07, 6.45) is -2.17. The summed E-state index contributed by atoms with van der Waals surface area (Å²) in [5.41, 5.74) is 0. The van der Waals surface area contributed by atoms with Crippen molar-refractivity contribution < 1.29 is 18.7 Å². The van der Waals surface area contributed by atoms with Crippen LogP contribution in [0.15, 0.2) is 0 Å². The zero-order valence-electron chi connectivity index (χ0n) is 7.05. The van der Waals surface area contributed by atoms with Gasteiger partial charge < -0.3 is 9.47 Å². The number of rotatable bonds is 5. The minimum absolute atomic E-state index is 0.263. The van der Waals surface area contributed by atoms with Crippen LogP contribution in [0.1, 0.15) is 6.42 Å². The highest BCUT2D eigenvalue weighted by Crippen LogP contribution is 2.10. The highest BCUT2D eigenvalue weighted by atomic mass is 79.9. The minimum atomic E-state index is -1.32. The standard InChI is InChI=1S/C7H12BrFO3/c1-11-6(4-8)5(9)3-7(10)12-2/h5-6H,3-4H2,1-2H3. The van der Waals surface area contributed by atoms with Crippen molar-refractivity contribution in [2.24, 2.45) is 0 Å². The zero-order chi connectivity index (χ0) is 9.56. The fraction of sp³-hybridized carbons (Fsp3) is 0.857. The van der Waals surface area contributed by atoms with Crippen molar-refractivity contribution in [3.8, 4) is 0 Å². The Morgan fingerprint density at radius 2 is 2.17 bits per heavy atom. The predicted octanol–water partition coefficient (Wildman–Crippen LogP) is 1.30. The molecule has 12 heavy (non-hydrogen) atoms. The maximum atomic E-state index is 13.0. The van der Waals surface area contributed by atoms with Crippen LogP contribution in [0.25, 0.3) is 0 Å². The highest BCUT2D eigenvalue weighted by Gasteiger charge is 2.22. The molecular formula is C7H12BrFO3. The molecule has 0 aliphatic rings. The SMILES string of the molecule is COC(=O)CC(F)C(CBr)OC. The summed E-state index contributed by atoms with van der Waals surface area (Å²) in [6, 6.07) is 0. The molecule has 2 unspecified atom stereocenters. The van der Waals surface area contributed by atoms with Gasteiger partial charge in [-0.1, -0.05) is 15.9 Å². The van der Waals surface area contributed by atoms with Crippen molar-refractivity contribution in [3.05, 3.63) is 0 Å². The van der Waals surface area contributed by atoms with Crippen molar-refractivity contribution in [1.29, 1.82) is 0 Å². The molecule has 0 amide bonds. The molecule has 0 aliphatic heterocycles.